The number of imidazole rings is 1. The molecule has 2 heterocycles. The second-order valence-corrected chi connectivity index (χ2v) is 5.54. The highest BCUT2D eigenvalue weighted by Gasteiger charge is 2.17. The van der Waals surface area contributed by atoms with Gasteiger partial charge in [-0.15, -0.1) is 0 Å². The third kappa shape index (κ3) is 3.41. The second-order valence-electron chi connectivity index (χ2n) is 5.54. The Balaban J connectivity index is 1.76. The van der Waals surface area contributed by atoms with Crippen LogP contribution in [0, 0.1) is 12.7 Å². The number of aryl methyl sites for hydroxylation is 1. The minimum absolute atomic E-state index is 0.330. The fourth-order valence-electron chi connectivity index (χ4n) is 2.42. The number of benzene rings is 1. The lowest BCUT2D eigenvalue weighted by atomic mass is 10.0. The average molecular weight is 327 g/mol. The molecule has 0 aliphatic carbocycles. The highest BCUT2D eigenvalue weighted by Crippen LogP contribution is 2.20. The molecule has 6 nitrogen and oxygen atoms in total. The molecule has 24 heavy (non-hydrogen) atoms. The molecule has 0 aliphatic rings. The highest BCUT2D eigenvalue weighted by molar-refractivity contribution is 5.38. The van der Waals surface area contributed by atoms with Gasteiger partial charge in [0.1, 0.15) is 17.5 Å². The predicted molar refractivity (Wildman–Crippen MR) is 88.3 cm³/mol. The molecule has 3 rings (SSSR count). The first-order valence-corrected chi connectivity index (χ1v) is 7.57. The Hall–Kier alpha value is -2.80. The maximum atomic E-state index is 13.0. The number of aliphatic hydroxyl groups is 1. The number of aromatic nitrogens is 4. The van der Waals surface area contributed by atoms with Gasteiger partial charge in [-0.05, 0) is 31.5 Å². The van der Waals surface area contributed by atoms with Gasteiger partial charge < -0.3 is 10.4 Å². The Morgan fingerprint density at radius 2 is 1.96 bits per heavy atom. The molecule has 3 aromatic rings. The number of anilines is 1. The molecular weight excluding hydrogens is 309 g/mol. The van der Waals surface area contributed by atoms with Crippen LogP contribution in [0.2, 0.25) is 0 Å². The Labute approximate surface area is 139 Å². The van der Waals surface area contributed by atoms with Crippen molar-refractivity contribution in [2.75, 3.05) is 5.32 Å². The van der Waals surface area contributed by atoms with Crippen molar-refractivity contribution in [2.24, 2.45) is 0 Å². The van der Waals surface area contributed by atoms with Crippen molar-refractivity contribution in [3.63, 3.8) is 0 Å². The summed E-state index contributed by atoms with van der Waals surface area (Å²) in [5.74, 6) is 1.65. The number of hydrogen-bond donors (Lipinski definition) is 2. The van der Waals surface area contributed by atoms with Gasteiger partial charge in [0.05, 0.1) is 24.5 Å². The quantitative estimate of drug-likeness (QED) is 0.753. The molecule has 0 aliphatic heterocycles. The normalized spacial score (nSPS) is 13.5. The van der Waals surface area contributed by atoms with Crippen LogP contribution >= 0.6 is 0 Å². The van der Waals surface area contributed by atoms with Crippen molar-refractivity contribution in [1.29, 1.82) is 0 Å². The second kappa shape index (κ2) is 6.76. The summed E-state index contributed by atoms with van der Waals surface area (Å²) in [5.41, 5.74) is 0.631. The SMILES string of the molecule is Cc1nccn1-c1cncc(NC(C)C(O)c2ccc(F)cc2)n1. The number of halogens is 1. The number of nitrogens with zero attached hydrogens (tertiary/aromatic N) is 4. The van der Waals surface area contributed by atoms with E-state index in [0.717, 1.165) is 5.82 Å². The Morgan fingerprint density at radius 1 is 1.21 bits per heavy atom. The molecule has 0 saturated heterocycles. The van der Waals surface area contributed by atoms with Crippen molar-refractivity contribution >= 4 is 5.82 Å². The predicted octanol–water partition coefficient (Wildman–Crippen LogP) is 2.64. The Morgan fingerprint density at radius 3 is 2.62 bits per heavy atom. The zero-order chi connectivity index (χ0) is 17.1. The van der Waals surface area contributed by atoms with Crippen LogP contribution in [0.3, 0.4) is 0 Å². The third-order valence-electron chi connectivity index (χ3n) is 3.76. The summed E-state index contributed by atoms with van der Waals surface area (Å²) in [6, 6.07) is 5.45. The van der Waals surface area contributed by atoms with Crippen LogP contribution in [-0.2, 0) is 0 Å². The van der Waals surface area contributed by atoms with Gasteiger partial charge in [0.15, 0.2) is 5.82 Å². The van der Waals surface area contributed by atoms with Crippen LogP contribution in [0.1, 0.15) is 24.4 Å². The fourth-order valence-corrected chi connectivity index (χ4v) is 2.42. The van der Waals surface area contributed by atoms with Crippen LogP contribution < -0.4 is 5.32 Å². The van der Waals surface area contributed by atoms with E-state index in [0.29, 0.717) is 17.2 Å². The van der Waals surface area contributed by atoms with E-state index >= 15 is 0 Å². The van der Waals surface area contributed by atoms with Gasteiger partial charge in [0, 0.05) is 12.4 Å². The smallest absolute Gasteiger partial charge is 0.159 e. The first kappa shape index (κ1) is 16.1. The average Bonchev–Trinajstić information content (AvgIpc) is 3.01. The van der Waals surface area contributed by atoms with Crippen molar-refractivity contribution in [3.8, 4) is 5.82 Å². The molecule has 0 saturated carbocycles. The number of nitrogens with one attached hydrogen (secondary N) is 1. The standard InChI is InChI=1S/C17H18FN5O/c1-11(17(24)13-3-5-14(18)6-4-13)21-15-9-19-10-16(22-15)23-8-7-20-12(23)2/h3-11,17,24H,1-2H3,(H,21,22). The molecule has 7 heteroatoms. The summed E-state index contributed by atoms with van der Waals surface area (Å²) in [6.45, 7) is 3.70. The van der Waals surface area contributed by atoms with Gasteiger partial charge in [-0.2, -0.15) is 0 Å². The molecule has 0 amide bonds. The summed E-state index contributed by atoms with van der Waals surface area (Å²) in [6.07, 6.45) is 5.92. The van der Waals surface area contributed by atoms with Gasteiger partial charge >= 0.3 is 0 Å². The van der Waals surface area contributed by atoms with Crippen LogP contribution in [-0.4, -0.2) is 30.7 Å². The van der Waals surface area contributed by atoms with Crippen LogP contribution in [0.15, 0.2) is 49.1 Å². The zero-order valence-electron chi connectivity index (χ0n) is 13.4. The first-order valence-electron chi connectivity index (χ1n) is 7.57. The van der Waals surface area contributed by atoms with E-state index in [-0.39, 0.29) is 11.9 Å². The lowest BCUT2D eigenvalue weighted by Crippen LogP contribution is -2.25. The first-order chi connectivity index (χ1) is 11.5. The maximum absolute atomic E-state index is 13.0. The van der Waals surface area contributed by atoms with E-state index in [2.05, 4.69) is 20.3 Å². The van der Waals surface area contributed by atoms with Crippen molar-refractivity contribution in [2.45, 2.75) is 26.0 Å². The van der Waals surface area contributed by atoms with Crippen LogP contribution in [0.25, 0.3) is 5.82 Å². The zero-order valence-corrected chi connectivity index (χ0v) is 13.4. The van der Waals surface area contributed by atoms with Crippen molar-refractivity contribution in [3.05, 3.63) is 66.3 Å². The molecule has 0 radical (unpaired) electrons. The van der Waals surface area contributed by atoms with E-state index in [1.807, 2.05) is 18.4 Å². The molecule has 2 unspecified atom stereocenters. The largest absolute Gasteiger partial charge is 0.386 e. The summed E-state index contributed by atoms with van der Waals surface area (Å²) in [7, 11) is 0. The van der Waals surface area contributed by atoms with E-state index in [1.54, 1.807) is 36.9 Å². The number of hydrogen-bond acceptors (Lipinski definition) is 5. The minimum atomic E-state index is -0.800. The molecule has 0 bridgehead atoms. The topological polar surface area (TPSA) is 75.9 Å². The highest BCUT2D eigenvalue weighted by atomic mass is 19.1. The minimum Gasteiger partial charge on any atom is -0.386 e. The van der Waals surface area contributed by atoms with Gasteiger partial charge in [0.25, 0.3) is 0 Å². The van der Waals surface area contributed by atoms with E-state index in [9.17, 15) is 9.50 Å². The van der Waals surface area contributed by atoms with Crippen LogP contribution in [0.5, 0.6) is 0 Å². The molecule has 124 valence electrons. The molecule has 0 fully saturated rings. The van der Waals surface area contributed by atoms with E-state index in [1.165, 1.54) is 12.1 Å². The summed E-state index contributed by atoms with van der Waals surface area (Å²) < 4.78 is 14.8. The monoisotopic (exact) mass is 327 g/mol. The van der Waals surface area contributed by atoms with Gasteiger partial charge in [-0.3, -0.25) is 9.55 Å². The van der Waals surface area contributed by atoms with Gasteiger partial charge in [-0.25, -0.2) is 14.4 Å². The van der Waals surface area contributed by atoms with Crippen molar-refractivity contribution < 1.29 is 9.50 Å². The molecule has 2 N–H and O–H groups in total. The van der Waals surface area contributed by atoms with Gasteiger partial charge in [0.2, 0.25) is 0 Å². The molecule has 1 aromatic carbocycles. The maximum Gasteiger partial charge on any atom is 0.159 e. The van der Waals surface area contributed by atoms with Crippen LogP contribution in [0.4, 0.5) is 10.2 Å². The van der Waals surface area contributed by atoms with E-state index < -0.39 is 6.10 Å². The van der Waals surface area contributed by atoms with E-state index in [4.69, 9.17) is 0 Å². The van der Waals surface area contributed by atoms with Crippen molar-refractivity contribution in [1.82, 2.24) is 19.5 Å². The molecule has 2 aromatic heterocycles. The fraction of sp³-hybridized carbons (Fsp3) is 0.235. The Kier molecular flexibility index (Phi) is 4.52. The third-order valence-corrected chi connectivity index (χ3v) is 3.76. The lowest BCUT2D eigenvalue weighted by molar-refractivity contribution is 0.160. The number of aliphatic hydroxyl groups excluding tert-OH is 1. The molecular formula is C17H18FN5O. The van der Waals surface area contributed by atoms with Gasteiger partial charge in [-0.1, -0.05) is 12.1 Å². The molecule has 0 spiro atoms. The number of rotatable bonds is 5. The lowest BCUT2D eigenvalue weighted by Gasteiger charge is -2.21. The molecule has 2 atom stereocenters. The summed E-state index contributed by atoms with van der Waals surface area (Å²) in [5, 5.41) is 13.5. The Bertz CT molecular complexity index is 818. The summed E-state index contributed by atoms with van der Waals surface area (Å²) >= 11 is 0. The summed E-state index contributed by atoms with van der Waals surface area (Å²) in [4.78, 5) is 12.8.